The van der Waals surface area contributed by atoms with Gasteiger partial charge in [0, 0.05) is 31.2 Å². The summed E-state index contributed by atoms with van der Waals surface area (Å²) in [5, 5.41) is 0. The van der Waals surface area contributed by atoms with E-state index in [1.807, 2.05) is 0 Å². The van der Waals surface area contributed by atoms with E-state index in [2.05, 4.69) is 9.80 Å². The third-order valence-corrected chi connectivity index (χ3v) is 6.03. The van der Waals surface area contributed by atoms with Crippen LogP contribution in [0, 0.1) is 5.41 Å². The van der Waals surface area contributed by atoms with Crippen molar-refractivity contribution in [3.8, 4) is 0 Å². The number of hydrogen-bond donors (Lipinski definition) is 0. The number of hydrogen-bond acceptors (Lipinski definition) is 3. The Kier molecular flexibility index (Phi) is 2.85. The molecule has 4 heteroatoms. The highest BCUT2D eigenvalue weighted by Gasteiger charge is 2.54. The summed E-state index contributed by atoms with van der Waals surface area (Å²) in [5.41, 5.74) is 0.578. The monoisotopic (exact) mass is 264 g/mol. The van der Waals surface area contributed by atoms with E-state index in [0.29, 0.717) is 17.5 Å². The minimum atomic E-state index is 0.557. The maximum atomic E-state index is 11.2. The molecule has 3 aliphatic heterocycles. The Balaban J connectivity index is 1.38. The molecule has 2 bridgehead atoms. The van der Waals surface area contributed by atoms with Crippen LogP contribution in [0.3, 0.4) is 0 Å². The molecule has 0 N–H and O–H groups in total. The first-order chi connectivity index (χ1) is 9.30. The molecule has 19 heavy (non-hydrogen) atoms. The van der Waals surface area contributed by atoms with Gasteiger partial charge in [-0.15, -0.1) is 0 Å². The van der Waals surface area contributed by atoms with Gasteiger partial charge in [0.1, 0.15) is 0 Å². The summed E-state index contributed by atoms with van der Waals surface area (Å²) in [5.74, 6) is 0. The number of piperidine rings is 1. The molecule has 3 saturated heterocycles. The van der Waals surface area contributed by atoms with Gasteiger partial charge in [0.25, 0.3) is 0 Å². The van der Waals surface area contributed by atoms with Crippen molar-refractivity contribution < 1.29 is 9.53 Å². The molecule has 0 aromatic carbocycles. The van der Waals surface area contributed by atoms with Crippen LogP contribution in [0.1, 0.15) is 38.5 Å². The predicted molar refractivity (Wildman–Crippen MR) is 71.8 cm³/mol. The van der Waals surface area contributed by atoms with Crippen LogP contribution < -0.4 is 0 Å². The van der Waals surface area contributed by atoms with E-state index in [9.17, 15) is 4.79 Å². The van der Waals surface area contributed by atoms with Crippen LogP contribution in [0.2, 0.25) is 0 Å². The summed E-state index contributed by atoms with van der Waals surface area (Å²) in [6.07, 6.45) is 8.86. The third kappa shape index (κ3) is 1.91. The number of nitrogens with zero attached hydrogens (tertiary/aromatic N) is 2. The zero-order valence-corrected chi connectivity index (χ0v) is 11.6. The van der Waals surface area contributed by atoms with Crippen molar-refractivity contribution in [2.75, 3.05) is 26.3 Å². The average molecular weight is 264 g/mol. The molecule has 106 valence electrons. The number of morpholine rings is 1. The Morgan fingerprint density at radius 3 is 2.11 bits per heavy atom. The lowest BCUT2D eigenvalue weighted by Crippen LogP contribution is -2.59. The van der Waals surface area contributed by atoms with E-state index in [4.69, 9.17) is 4.74 Å². The van der Waals surface area contributed by atoms with Crippen molar-refractivity contribution in [3.05, 3.63) is 0 Å². The molecule has 4 aliphatic rings. The Labute approximate surface area is 115 Å². The van der Waals surface area contributed by atoms with Gasteiger partial charge in [-0.1, -0.05) is 0 Å². The number of fused-ring (bicyclic) bond motifs is 2. The van der Waals surface area contributed by atoms with Gasteiger partial charge in [-0.05, 0) is 43.9 Å². The maximum absolute atomic E-state index is 11.2. The Morgan fingerprint density at radius 2 is 1.53 bits per heavy atom. The highest BCUT2D eigenvalue weighted by Crippen LogP contribution is 2.56. The van der Waals surface area contributed by atoms with Crippen LogP contribution in [0.5, 0.6) is 0 Å². The summed E-state index contributed by atoms with van der Waals surface area (Å²) in [4.78, 5) is 15.9. The normalized spacial score (nSPS) is 46.3. The minimum absolute atomic E-state index is 0.557. The molecule has 0 radical (unpaired) electrons. The Hall–Kier alpha value is -0.610. The molecule has 0 aromatic rings. The van der Waals surface area contributed by atoms with Gasteiger partial charge in [0.2, 0.25) is 6.41 Å². The van der Waals surface area contributed by atoms with E-state index >= 15 is 0 Å². The van der Waals surface area contributed by atoms with Crippen LogP contribution in [0.15, 0.2) is 0 Å². The van der Waals surface area contributed by atoms with Crippen molar-refractivity contribution in [1.82, 2.24) is 9.80 Å². The molecule has 4 nitrogen and oxygen atoms in total. The van der Waals surface area contributed by atoms with Crippen LogP contribution in [0.4, 0.5) is 0 Å². The second kappa shape index (κ2) is 4.45. The number of carbonyl (C=O) groups is 1. The van der Waals surface area contributed by atoms with Crippen LogP contribution in [-0.2, 0) is 9.53 Å². The van der Waals surface area contributed by atoms with Crippen molar-refractivity contribution in [2.24, 2.45) is 5.41 Å². The van der Waals surface area contributed by atoms with Crippen LogP contribution >= 0.6 is 0 Å². The van der Waals surface area contributed by atoms with E-state index in [1.54, 1.807) is 0 Å². The fourth-order valence-electron chi connectivity index (χ4n) is 5.13. The molecular formula is C15H24N2O2. The molecule has 4 rings (SSSR count). The minimum Gasteiger partial charge on any atom is -0.379 e. The second-order valence-electron chi connectivity index (χ2n) is 7.06. The summed E-state index contributed by atoms with van der Waals surface area (Å²) in [7, 11) is 0. The molecule has 2 atom stereocenters. The number of carbonyl (C=O) groups excluding carboxylic acids is 1. The van der Waals surface area contributed by atoms with E-state index in [1.165, 1.54) is 38.5 Å². The van der Waals surface area contributed by atoms with Crippen molar-refractivity contribution in [2.45, 2.75) is 56.7 Å². The topological polar surface area (TPSA) is 32.8 Å². The summed E-state index contributed by atoms with van der Waals surface area (Å²) in [6, 6.07) is 1.91. The first-order valence-corrected chi connectivity index (χ1v) is 7.84. The van der Waals surface area contributed by atoms with Crippen molar-refractivity contribution >= 4 is 6.41 Å². The molecule has 0 aromatic heterocycles. The maximum Gasteiger partial charge on any atom is 0.210 e. The highest BCUT2D eigenvalue weighted by molar-refractivity contribution is 5.50. The van der Waals surface area contributed by atoms with Gasteiger partial charge in [-0.25, -0.2) is 0 Å². The van der Waals surface area contributed by atoms with Gasteiger partial charge in [-0.3, -0.25) is 9.69 Å². The smallest absolute Gasteiger partial charge is 0.210 e. The van der Waals surface area contributed by atoms with Gasteiger partial charge < -0.3 is 9.64 Å². The zero-order chi connectivity index (χ0) is 12.9. The van der Waals surface area contributed by atoms with E-state index in [-0.39, 0.29) is 0 Å². The third-order valence-electron chi connectivity index (χ3n) is 6.03. The molecular weight excluding hydrogens is 240 g/mol. The van der Waals surface area contributed by atoms with Crippen molar-refractivity contribution in [3.63, 3.8) is 0 Å². The number of amides is 1. The quantitative estimate of drug-likeness (QED) is 0.704. The molecule has 1 spiro atoms. The lowest BCUT2D eigenvalue weighted by Gasteiger charge is -2.57. The SMILES string of the molecule is O=CN1C2CCC1CC1(CC(N3CCOCC3)C1)C2. The van der Waals surface area contributed by atoms with Crippen LogP contribution in [0.25, 0.3) is 0 Å². The van der Waals surface area contributed by atoms with Gasteiger partial charge in [0.05, 0.1) is 13.2 Å². The largest absolute Gasteiger partial charge is 0.379 e. The van der Waals surface area contributed by atoms with Gasteiger partial charge in [0.15, 0.2) is 0 Å². The molecule has 1 saturated carbocycles. The second-order valence-corrected chi connectivity index (χ2v) is 7.06. The molecule has 2 unspecified atom stereocenters. The Bertz CT molecular complexity index is 345. The lowest BCUT2D eigenvalue weighted by molar-refractivity contribution is -0.130. The fourth-order valence-corrected chi connectivity index (χ4v) is 5.13. The predicted octanol–water partition coefficient (Wildman–Crippen LogP) is 1.25. The highest BCUT2D eigenvalue weighted by atomic mass is 16.5. The first-order valence-electron chi connectivity index (χ1n) is 7.84. The van der Waals surface area contributed by atoms with E-state index < -0.39 is 0 Å². The Morgan fingerprint density at radius 1 is 0.947 bits per heavy atom. The lowest BCUT2D eigenvalue weighted by atomic mass is 9.58. The van der Waals surface area contributed by atoms with Gasteiger partial charge >= 0.3 is 0 Å². The molecule has 4 fully saturated rings. The summed E-state index contributed by atoms with van der Waals surface area (Å²) < 4.78 is 5.44. The summed E-state index contributed by atoms with van der Waals surface area (Å²) >= 11 is 0. The molecule has 1 aliphatic carbocycles. The fraction of sp³-hybridized carbons (Fsp3) is 0.933. The standard InChI is InChI=1S/C15H24N2O2/c18-11-17-12-1-2-13(17)8-15(7-12)9-14(10-15)16-3-5-19-6-4-16/h11-14H,1-10H2. The summed E-state index contributed by atoms with van der Waals surface area (Å²) in [6.45, 7) is 4.06. The molecule has 1 amide bonds. The van der Waals surface area contributed by atoms with E-state index in [0.717, 1.165) is 38.8 Å². The zero-order valence-electron chi connectivity index (χ0n) is 11.6. The molecule has 3 heterocycles. The van der Waals surface area contributed by atoms with Crippen LogP contribution in [-0.4, -0.2) is 60.6 Å². The van der Waals surface area contributed by atoms with Crippen molar-refractivity contribution in [1.29, 1.82) is 0 Å². The number of ether oxygens (including phenoxy) is 1. The number of rotatable bonds is 2. The first kappa shape index (κ1) is 12.2. The average Bonchev–Trinajstić information content (AvgIpc) is 2.66. The van der Waals surface area contributed by atoms with Gasteiger partial charge in [-0.2, -0.15) is 0 Å².